The molecule has 0 amide bonds. The number of hydrogen-bond donors (Lipinski definition) is 1. The van der Waals surface area contributed by atoms with Crippen molar-refractivity contribution >= 4 is 27.4 Å². The highest BCUT2D eigenvalue weighted by atomic mass is 79.9. The molecule has 0 radical (unpaired) electrons. The van der Waals surface area contributed by atoms with Gasteiger partial charge in [0.05, 0.1) is 9.40 Å². The van der Waals surface area contributed by atoms with E-state index in [1.807, 2.05) is 0 Å². The van der Waals surface area contributed by atoms with Gasteiger partial charge in [0, 0.05) is 12.1 Å². The lowest BCUT2D eigenvalue weighted by atomic mass is 10.1. The molecule has 0 fully saturated rings. The number of nitrogens with zero attached hydrogens (tertiary/aromatic N) is 2. The Morgan fingerprint density at radius 1 is 1.59 bits per heavy atom. The van der Waals surface area contributed by atoms with Crippen molar-refractivity contribution in [1.82, 2.24) is 4.98 Å². The van der Waals surface area contributed by atoms with Crippen LogP contribution in [-0.2, 0) is 0 Å². The molecular weight excluding hydrogens is 286 g/mol. The summed E-state index contributed by atoms with van der Waals surface area (Å²) in [7, 11) is 0. The fraction of sp³-hybridized carbons (Fsp3) is 0.545. The van der Waals surface area contributed by atoms with E-state index >= 15 is 0 Å². The van der Waals surface area contributed by atoms with E-state index in [1.54, 1.807) is 6.92 Å². The normalized spacial score (nSPS) is 10.6. The molecule has 0 aromatic carbocycles. The molecule has 0 saturated carbocycles. The van der Waals surface area contributed by atoms with Crippen LogP contribution in [0.1, 0.15) is 25.8 Å². The van der Waals surface area contributed by atoms with Crippen LogP contribution in [-0.4, -0.2) is 16.5 Å². The summed E-state index contributed by atoms with van der Waals surface area (Å²) in [5, 5.41) is 13.9. The molecule has 0 aliphatic heterocycles. The van der Waals surface area contributed by atoms with E-state index in [0.29, 0.717) is 21.8 Å². The Hall–Kier alpha value is -1.17. The molecule has 5 nitrogen and oxygen atoms in total. The van der Waals surface area contributed by atoms with E-state index in [-0.39, 0.29) is 5.69 Å². The van der Waals surface area contributed by atoms with Gasteiger partial charge in [-0.1, -0.05) is 13.8 Å². The number of rotatable bonds is 5. The third kappa shape index (κ3) is 3.66. The number of aromatic nitrogens is 1. The molecule has 1 aromatic rings. The maximum absolute atomic E-state index is 10.7. The van der Waals surface area contributed by atoms with Crippen molar-refractivity contribution in [2.24, 2.45) is 5.92 Å². The first kappa shape index (κ1) is 13.9. The van der Waals surface area contributed by atoms with E-state index in [1.165, 1.54) is 6.20 Å². The summed E-state index contributed by atoms with van der Waals surface area (Å²) >= 11 is 3.34. The van der Waals surface area contributed by atoms with Gasteiger partial charge in [-0.25, -0.2) is 4.98 Å². The van der Waals surface area contributed by atoms with Crippen LogP contribution in [0.15, 0.2) is 10.7 Å². The highest BCUT2D eigenvalue weighted by Gasteiger charge is 2.16. The van der Waals surface area contributed by atoms with Crippen molar-refractivity contribution in [3.05, 3.63) is 26.3 Å². The van der Waals surface area contributed by atoms with Gasteiger partial charge in [-0.2, -0.15) is 0 Å². The van der Waals surface area contributed by atoms with Crippen molar-refractivity contribution in [1.29, 1.82) is 0 Å². The summed E-state index contributed by atoms with van der Waals surface area (Å²) in [5.41, 5.74) is 0.628. The highest BCUT2D eigenvalue weighted by molar-refractivity contribution is 9.10. The van der Waals surface area contributed by atoms with Gasteiger partial charge in [-0.05, 0) is 35.2 Å². The molecule has 0 spiro atoms. The topological polar surface area (TPSA) is 68.1 Å². The van der Waals surface area contributed by atoms with Gasteiger partial charge in [-0.15, -0.1) is 0 Å². The number of pyridine rings is 1. The second-order valence-electron chi connectivity index (χ2n) is 4.30. The summed E-state index contributed by atoms with van der Waals surface area (Å²) in [6.45, 7) is 6.80. The largest absolute Gasteiger partial charge is 0.369 e. The summed E-state index contributed by atoms with van der Waals surface area (Å²) in [6, 6.07) is 0. The van der Waals surface area contributed by atoms with Gasteiger partial charge in [0.25, 0.3) is 5.69 Å². The van der Waals surface area contributed by atoms with E-state index in [9.17, 15) is 10.1 Å². The fourth-order valence-electron chi connectivity index (χ4n) is 1.36. The van der Waals surface area contributed by atoms with Gasteiger partial charge < -0.3 is 5.32 Å². The third-order valence-electron chi connectivity index (χ3n) is 2.45. The predicted octanol–water partition coefficient (Wildman–Crippen LogP) is 3.52. The van der Waals surface area contributed by atoms with Crippen LogP contribution in [0.25, 0.3) is 0 Å². The Morgan fingerprint density at radius 2 is 2.24 bits per heavy atom. The number of halogens is 1. The smallest absolute Gasteiger partial charge is 0.291 e. The molecular formula is C11H16BrN3O2. The van der Waals surface area contributed by atoms with Crippen LogP contribution < -0.4 is 5.32 Å². The average Bonchev–Trinajstić information content (AvgIpc) is 2.23. The fourth-order valence-corrected chi connectivity index (χ4v) is 1.80. The summed E-state index contributed by atoms with van der Waals surface area (Å²) < 4.78 is 0.662. The van der Waals surface area contributed by atoms with Gasteiger partial charge in [-0.3, -0.25) is 10.1 Å². The Labute approximate surface area is 109 Å². The standard InChI is InChI=1S/C11H16BrN3O2/c1-7(2)4-5-13-11-10(12)8(3)9(6-14-11)15(16)17/h6-7H,4-5H2,1-3H3,(H,13,14). The van der Waals surface area contributed by atoms with Gasteiger partial charge in [0.1, 0.15) is 12.0 Å². The number of nitro groups is 1. The van der Waals surface area contributed by atoms with Crippen LogP contribution in [0.2, 0.25) is 0 Å². The molecule has 6 heteroatoms. The van der Waals surface area contributed by atoms with Crippen LogP contribution in [0, 0.1) is 23.0 Å². The first-order valence-electron chi connectivity index (χ1n) is 5.46. The first-order chi connectivity index (χ1) is 7.93. The summed E-state index contributed by atoms with van der Waals surface area (Å²) in [6.07, 6.45) is 2.32. The lowest BCUT2D eigenvalue weighted by Crippen LogP contribution is -2.08. The third-order valence-corrected chi connectivity index (χ3v) is 3.42. The molecule has 0 bridgehead atoms. The second kappa shape index (κ2) is 5.95. The quantitative estimate of drug-likeness (QED) is 0.667. The van der Waals surface area contributed by atoms with Crippen molar-refractivity contribution in [2.75, 3.05) is 11.9 Å². The Balaban J connectivity index is 2.82. The van der Waals surface area contributed by atoms with Crippen molar-refractivity contribution in [2.45, 2.75) is 27.2 Å². The minimum Gasteiger partial charge on any atom is -0.369 e. The predicted molar refractivity (Wildman–Crippen MR) is 71.3 cm³/mol. The summed E-state index contributed by atoms with van der Waals surface area (Å²) in [5.74, 6) is 1.27. The lowest BCUT2D eigenvalue weighted by molar-refractivity contribution is -0.385. The molecule has 0 aliphatic rings. The maximum Gasteiger partial charge on any atom is 0.291 e. The molecule has 1 aromatic heterocycles. The highest BCUT2D eigenvalue weighted by Crippen LogP contribution is 2.30. The molecule has 1 rings (SSSR count). The van der Waals surface area contributed by atoms with Gasteiger partial charge in [0.2, 0.25) is 0 Å². The van der Waals surface area contributed by atoms with E-state index in [0.717, 1.165) is 13.0 Å². The zero-order valence-electron chi connectivity index (χ0n) is 10.2. The SMILES string of the molecule is Cc1c([N+](=O)[O-])cnc(NCCC(C)C)c1Br. The zero-order valence-corrected chi connectivity index (χ0v) is 11.7. The van der Waals surface area contributed by atoms with E-state index < -0.39 is 4.92 Å². The Kier molecular flexibility index (Phi) is 4.86. The molecule has 1 heterocycles. The van der Waals surface area contributed by atoms with E-state index in [2.05, 4.69) is 40.1 Å². The van der Waals surface area contributed by atoms with E-state index in [4.69, 9.17) is 0 Å². The van der Waals surface area contributed by atoms with Crippen molar-refractivity contribution in [3.63, 3.8) is 0 Å². The summed E-state index contributed by atoms with van der Waals surface area (Å²) in [4.78, 5) is 14.3. The van der Waals surface area contributed by atoms with Crippen LogP contribution >= 0.6 is 15.9 Å². The first-order valence-corrected chi connectivity index (χ1v) is 6.26. The van der Waals surface area contributed by atoms with Gasteiger partial charge in [0.15, 0.2) is 0 Å². The molecule has 17 heavy (non-hydrogen) atoms. The maximum atomic E-state index is 10.7. The second-order valence-corrected chi connectivity index (χ2v) is 5.09. The van der Waals surface area contributed by atoms with Crippen LogP contribution in [0.3, 0.4) is 0 Å². The minimum absolute atomic E-state index is 0.0336. The molecule has 94 valence electrons. The zero-order chi connectivity index (χ0) is 13.0. The number of hydrogen-bond acceptors (Lipinski definition) is 4. The Morgan fingerprint density at radius 3 is 2.76 bits per heavy atom. The van der Waals surface area contributed by atoms with Crippen molar-refractivity contribution < 1.29 is 4.92 Å². The molecule has 1 N–H and O–H groups in total. The molecule has 0 aliphatic carbocycles. The molecule has 0 atom stereocenters. The number of nitrogens with one attached hydrogen (secondary N) is 1. The minimum atomic E-state index is -0.426. The van der Waals surface area contributed by atoms with Gasteiger partial charge >= 0.3 is 0 Å². The average molecular weight is 302 g/mol. The lowest BCUT2D eigenvalue weighted by Gasteiger charge is -2.10. The molecule has 0 saturated heterocycles. The van der Waals surface area contributed by atoms with Crippen LogP contribution in [0.4, 0.5) is 11.5 Å². The monoisotopic (exact) mass is 301 g/mol. The molecule has 0 unspecified atom stereocenters. The van der Waals surface area contributed by atoms with Crippen LogP contribution in [0.5, 0.6) is 0 Å². The number of anilines is 1. The van der Waals surface area contributed by atoms with Crippen molar-refractivity contribution in [3.8, 4) is 0 Å². The Bertz CT molecular complexity index is 421.